The minimum absolute atomic E-state index is 0.166. The number of thiazole rings is 1. The second kappa shape index (κ2) is 8.70. The summed E-state index contributed by atoms with van der Waals surface area (Å²) in [4.78, 5) is 26.3. The summed E-state index contributed by atoms with van der Waals surface area (Å²) in [5.74, 6) is 0.0487. The van der Waals surface area contributed by atoms with E-state index in [9.17, 15) is 9.18 Å². The van der Waals surface area contributed by atoms with Crippen molar-refractivity contribution >= 4 is 17.2 Å². The second-order valence-electron chi connectivity index (χ2n) is 7.79. The van der Waals surface area contributed by atoms with Crippen LogP contribution in [0.2, 0.25) is 0 Å². The topological polar surface area (TPSA) is 94.8 Å². The van der Waals surface area contributed by atoms with Crippen LogP contribution >= 0.6 is 11.3 Å². The minimum Gasteiger partial charge on any atom is -0.494 e. The Bertz CT molecular complexity index is 1330. The van der Waals surface area contributed by atoms with Gasteiger partial charge in [0.1, 0.15) is 5.01 Å². The highest BCUT2D eigenvalue weighted by atomic mass is 32.1. The average Bonchev–Trinajstić information content (AvgIpc) is 3.43. The van der Waals surface area contributed by atoms with Crippen LogP contribution in [0.5, 0.6) is 5.75 Å². The highest BCUT2D eigenvalue weighted by Crippen LogP contribution is 2.42. The summed E-state index contributed by atoms with van der Waals surface area (Å²) in [6.07, 6.45) is 5.10. The number of aryl methyl sites for hydroxylation is 1. The minimum atomic E-state index is -0.470. The zero-order valence-corrected chi connectivity index (χ0v) is 18.9. The van der Waals surface area contributed by atoms with Gasteiger partial charge in [-0.25, -0.2) is 24.0 Å². The SMILES string of the molecule is COc1ccc(-c2ccnc(-n3ncc(C(=O)NCc4nc(C)cs4)c3C3CC3)n2)cc1F. The zero-order chi connectivity index (χ0) is 22.9. The highest BCUT2D eigenvalue weighted by molar-refractivity contribution is 7.09. The van der Waals surface area contributed by atoms with E-state index in [1.807, 2.05) is 12.3 Å². The number of hydrogen-bond acceptors (Lipinski definition) is 7. The van der Waals surface area contributed by atoms with Crippen molar-refractivity contribution in [3.8, 4) is 23.0 Å². The summed E-state index contributed by atoms with van der Waals surface area (Å²) >= 11 is 1.51. The van der Waals surface area contributed by atoms with Crippen molar-refractivity contribution in [2.24, 2.45) is 0 Å². The largest absolute Gasteiger partial charge is 0.494 e. The van der Waals surface area contributed by atoms with Crippen LogP contribution in [0.15, 0.2) is 42.0 Å². The molecule has 1 aliphatic rings. The first kappa shape index (κ1) is 21.2. The molecular formula is C23H21FN6O2S. The molecule has 168 valence electrons. The summed E-state index contributed by atoms with van der Waals surface area (Å²) < 4.78 is 20.8. The van der Waals surface area contributed by atoms with E-state index >= 15 is 0 Å². The normalized spacial score (nSPS) is 13.2. The summed E-state index contributed by atoms with van der Waals surface area (Å²) in [6, 6.07) is 6.37. The van der Waals surface area contributed by atoms with Gasteiger partial charge in [-0.15, -0.1) is 11.3 Å². The van der Waals surface area contributed by atoms with Crippen molar-refractivity contribution in [2.45, 2.75) is 32.2 Å². The van der Waals surface area contributed by atoms with E-state index < -0.39 is 5.82 Å². The molecule has 1 aromatic carbocycles. The quantitative estimate of drug-likeness (QED) is 0.443. The lowest BCUT2D eigenvalue weighted by Gasteiger charge is -2.09. The highest BCUT2D eigenvalue weighted by Gasteiger charge is 2.33. The molecule has 5 rings (SSSR count). The Morgan fingerprint density at radius 1 is 1.30 bits per heavy atom. The van der Waals surface area contributed by atoms with Gasteiger partial charge in [-0.3, -0.25) is 4.79 Å². The summed E-state index contributed by atoms with van der Waals surface area (Å²) in [5.41, 5.74) is 3.37. The molecule has 3 aromatic heterocycles. The lowest BCUT2D eigenvalue weighted by molar-refractivity contribution is 0.0950. The first-order valence-corrected chi connectivity index (χ1v) is 11.4. The summed E-state index contributed by atoms with van der Waals surface area (Å²) in [6.45, 7) is 2.28. The number of ether oxygens (including phenoxy) is 1. The maximum Gasteiger partial charge on any atom is 0.255 e. The number of halogens is 1. The van der Waals surface area contributed by atoms with Gasteiger partial charge in [0, 0.05) is 28.8 Å². The Balaban J connectivity index is 1.44. The number of carbonyl (C=O) groups is 1. The molecule has 1 amide bonds. The van der Waals surface area contributed by atoms with E-state index in [0.717, 1.165) is 29.2 Å². The van der Waals surface area contributed by atoms with Gasteiger partial charge in [0.25, 0.3) is 11.9 Å². The number of benzene rings is 1. The summed E-state index contributed by atoms with van der Waals surface area (Å²) in [7, 11) is 1.42. The fourth-order valence-electron chi connectivity index (χ4n) is 3.61. The molecule has 8 nitrogen and oxygen atoms in total. The van der Waals surface area contributed by atoms with Gasteiger partial charge in [-0.1, -0.05) is 0 Å². The number of amides is 1. The van der Waals surface area contributed by atoms with E-state index in [-0.39, 0.29) is 17.6 Å². The average molecular weight is 465 g/mol. The van der Waals surface area contributed by atoms with E-state index in [0.29, 0.717) is 29.3 Å². The first-order valence-electron chi connectivity index (χ1n) is 10.5. The Labute approximate surface area is 193 Å². The van der Waals surface area contributed by atoms with Gasteiger partial charge in [-0.2, -0.15) is 5.10 Å². The molecule has 1 aliphatic carbocycles. The molecule has 10 heteroatoms. The first-order chi connectivity index (χ1) is 16.0. The third-order valence-electron chi connectivity index (χ3n) is 5.36. The van der Waals surface area contributed by atoms with Crippen molar-refractivity contribution < 1.29 is 13.9 Å². The molecule has 0 unspecified atom stereocenters. The van der Waals surface area contributed by atoms with Gasteiger partial charge in [0.05, 0.1) is 36.8 Å². The number of carbonyl (C=O) groups excluding carboxylic acids is 1. The standard InChI is InChI=1S/C23H21FN6O2S/c1-13-12-33-20(28-13)11-26-22(31)16-10-27-30(21(16)14-3-4-14)23-25-8-7-18(29-23)15-5-6-19(32-2)17(24)9-15/h5-10,12,14H,3-4,11H2,1-2H3,(H,26,31). The maximum absolute atomic E-state index is 14.2. The van der Waals surface area contributed by atoms with Crippen molar-refractivity contribution in [2.75, 3.05) is 7.11 Å². The third-order valence-corrected chi connectivity index (χ3v) is 6.33. The van der Waals surface area contributed by atoms with Gasteiger partial charge in [0.15, 0.2) is 11.6 Å². The second-order valence-corrected chi connectivity index (χ2v) is 8.73. The maximum atomic E-state index is 14.2. The lowest BCUT2D eigenvalue weighted by atomic mass is 10.1. The molecule has 0 radical (unpaired) electrons. The fourth-order valence-corrected chi connectivity index (χ4v) is 4.33. The molecule has 1 saturated carbocycles. The van der Waals surface area contributed by atoms with Crippen LogP contribution in [0, 0.1) is 12.7 Å². The molecule has 0 aliphatic heterocycles. The van der Waals surface area contributed by atoms with Crippen LogP contribution in [0.25, 0.3) is 17.2 Å². The molecule has 1 N–H and O–H groups in total. The zero-order valence-electron chi connectivity index (χ0n) is 18.1. The molecular weight excluding hydrogens is 443 g/mol. The number of nitrogens with one attached hydrogen (secondary N) is 1. The van der Waals surface area contributed by atoms with Crippen LogP contribution < -0.4 is 10.1 Å². The Hall–Kier alpha value is -3.66. The van der Waals surface area contributed by atoms with Crippen molar-refractivity contribution in [1.82, 2.24) is 30.0 Å². The molecule has 3 heterocycles. The molecule has 0 spiro atoms. The molecule has 4 aromatic rings. The van der Waals surface area contributed by atoms with Crippen LogP contribution in [0.1, 0.15) is 45.5 Å². The fraction of sp³-hybridized carbons (Fsp3) is 0.261. The third kappa shape index (κ3) is 4.34. The van der Waals surface area contributed by atoms with Crippen LogP contribution in [-0.4, -0.2) is 37.7 Å². The number of rotatable bonds is 7. The van der Waals surface area contributed by atoms with Gasteiger partial charge in [-0.05, 0) is 44.0 Å². The number of hydrogen-bond donors (Lipinski definition) is 1. The van der Waals surface area contributed by atoms with Gasteiger partial charge < -0.3 is 10.1 Å². The Kier molecular flexibility index (Phi) is 5.59. The Morgan fingerprint density at radius 2 is 2.15 bits per heavy atom. The van der Waals surface area contributed by atoms with E-state index in [1.54, 1.807) is 35.3 Å². The van der Waals surface area contributed by atoms with Crippen LogP contribution in [0.3, 0.4) is 0 Å². The monoisotopic (exact) mass is 464 g/mol. The number of methoxy groups -OCH3 is 1. The van der Waals surface area contributed by atoms with Crippen molar-refractivity contribution in [3.63, 3.8) is 0 Å². The molecule has 0 saturated heterocycles. The molecule has 33 heavy (non-hydrogen) atoms. The van der Waals surface area contributed by atoms with E-state index in [4.69, 9.17) is 4.74 Å². The van der Waals surface area contributed by atoms with Crippen LogP contribution in [-0.2, 0) is 6.54 Å². The Morgan fingerprint density at radius 3 is 2.85 bits per heavy atom. The van der Waals surface area contributed by atoms with Crippen molar-refractivity contribution in [3.05, 3.63) is 69.8 Å². The smallest absolute Gasteiger partial charge is 0.255 e. The number of aromatic nitrogens is 5. The van der Waals surface area contributed by atoms with Gasteiger partial charge in [0.2, 0.25) is 0 Å². The number of nitrogens with zero attached hydrogens (tertiary/aromatic N) is 5. The predicted molar refractivity (Wildman–Crippen MR) is 121 cm³/mol. The van der Waals surface area contributed by atoms with Crippen molar-refractivity contribution in [1.29, 1.82) is 0 Å². The molecule has 1 fully saturated rings. The van der Waals surface area contributed by atoms with E-state index in [2.05, 4.69) is 25.4 Å². The molecule has 0 bridgehead atoms. The van der Waals surface area contributed by atoms with E-state index in [1.165, 1.54) is 24.5 Å². The lowest BCUT2D eigenvalue weighted by Crippen LogP contribution is -2.23. The van der Waals surface area contributed by atoms with Crippen LogP contribution in [0.4, 0.5) is 4.39 Å². The molecule has 0 atom stereocenters. The van der Waals surface area contributed by atoms with Gasteiger partial charge >= 0.3 is 0 Å². The summed E-state index contributed by atoms with van der Waals surface area (Å²) in [5, 5.41) is 10.2. The predicted octanol–water partition coefficient (Wildman–Crippen LogP) is 4.05.